The maximum atomic E-state index is 11.9. The van der Waals surface area contributed by atoms with Gasteiger partial charge in [-0.15, -0.1) is 0 Å². The lowest BCUT2D eigenvalue weighted by molar-refractivity contribution is 0.670. The number of rotatable bonds is 4. The van der Waals surface area contributed by atoms with Crippen LogP contribution in [0.15, 0.2) is 9.59 Å². The summed E-state index contributed by atoms with van der Waals surface area (Å²) in [5.74, 6) is 0.926. The fourth-order valence-electron chi connectivity index (χ4n) is 2.40. The molecule has 102 valence electrons. The lowest BCUT2D eigenvalue weighted by atomic mass is 10.2. The maximum absolute atomic E-state index is 11.9. The Kier molecular flexibility index (Phi) is 3.47. The number of nitrogens with zero attached hydrogens (tertiary/aromatic N) is 3. The van der Waals surface area contributed by atoms with E-state index in [1.165, 1.54) is 11.6 Å². The van der Waals surface area contributed by atoms with Crippen molar-refractivity contribution in [1.29, 1.82) is 5.26 Å². The van der Waals surface area contributed by atoms with Crippen molar-refractivity contribution in [1.82, 2.24) is 9.13 Å². The van der Waals surface area contributed by atoms with Crippen LogP contribution in [0, 0.1) is 17.2 Å². The molecular weight excluding hydrogens is 244 g/mol. The molecule has 2 atom stereocenters. The fraction of sp³-hybridized carbons (Fsp3) is 0.615. The first kappa shape index (κ1) is 13.4. The van der Waals surface area contributed by atoms with Crippen molar-refractivity contribution in [3.05, 3.63) is 26.4 Å². The minimum atomic E-state index is -0.541. The molecule has 1 heterocycles. The van der Waals surface area contributed by atoms with E-state index in [1.807, 2.05) is 6.07 Å². The Morgan fingerprint density at radius 3 is 2.63 bits per heavy atom. The number of hydrogen-bond donors (Lipinski definition) is 1. The van der Waals surface area contributed by atoms with Crippen LogP contribution in [0.4, 0.5) is 5.82 Å². The molecule has 1 aliphatic carbocycles. The van der Waals surface area contributed by atoms with Gasteiger partial charge in [-0.3, -0.25) is 13.9 Å². The van der Waals surface area contributed by atoms with Crippen LogP contribution < -0.4 is 16.6 Å². The zero-order valence-electron chi connectivity index (χ0n) is 11.4. The fourth-order valence-corrected chi connectivity index (χ4v) is 2.40. The highest BCUT2D eigenvalue weighted by atomic mass is 16.2. The Labute approximate surface area is 111 Å². The van der Waals surface area contributed by atoms with Crippen molar-refractivity contribution >= 4 is 5.82 Å². The second kappa shape index (κ2) is 4.92. The molecule has 1 fully saturated rings. The van der Waals surface area contributed by atoms with Gasteiger partial charge < -0.3 is 5.32 Å². The van der Waals surface area contributed by atoms with Crippen molar-refractivity contribution in [2.45, 2.75) is 32.2 Å². The molecule has 0 radical (unpaired) electrons. The van der Waals surface area contributed by atoms with E-state index >= 15 is 0 Å². The van der Waals surface area contributed by atoms with E-state index in [-0.39, 0.29) is 11.6 Å². The molecule has 1 saturated carbocycles. The lowest BCUT2D eigenvalue weighted by Crippen LogP contribution is -2.40. The van der Waals surface area contributed by atoms with Gasteiger partial charge in [0.05, 0.1) is 0 Å². The van der Waals surface area contributed by atoms with Gasteiger partial charge in [0.1, 0.15) is 11.9 Å². The molecule has 1 aromatic heterocycles. The van der Waals surface area contributed by atoms with Crippen molar-refractivity contribution in [3.63, 3.8) is 0 Å². The number of aromatic nitrogens is 2. The van der Waals surface area contributed by atoms with E-state index in [2.05, 4.69) is 12.2 Å². The molecule has 0 aliphatic heterocycles. The summed E-state index contributed by atoms with van der Waals surface area (Å²) in [6.07, 6.45) is 3.27. The van der Waals surface area contributed by atoms with Crippen LogP contribution in [0.1, 0.15) is 31.7 Å². The normalized spacial score (nSPS) is 20.9. The molecule has 0 bridgehead atoms. The second-order valence-electron chi connectivity index (χ2n) is 5.08. The first-order valence-electron chi connectivity index (χ1n) is 6.47. The Morgan fingerprint density at radius 2 is 2.05 bits per heavy atom. The molecule has 6 heteroatoms. The molecule has 1 N–H and O–H groups in total. The van der Waals surface area contributed by atoms with Gasteiger partial charge >= 0.3 is 5.69 Å². The van der Waals surface area contributed by atoms with Crippen molar-refractivity contribution < 1.29 is 0 Å². The molecule has 0 spiro atoms. The molecule has 0 saturated heterocycles. The van der Waals surface area contributed by atoms with Gasteiger partial charge in [0, 0.05) is 20.1 Å². The Balaban J connectivity index is 2.39. The van der Waals surface area contributed by atoms with Crippen LogP contribution in [-0.2, 0) is 14.1 Å². The van der Waals surface area contributed by atoms with Crippen LogP contribution in [0.2, 0.25) is 0 Å². The molecule has 19 heavy (non-hydrogen) atoms. The van der Waals surface area contributed by atoms with E-state index in [0.717, 1.165) is 23.8 Å². The maximum Gasteiger partial charge on any atom is 0.332 e. The smallest absolute Gasteiger partial charge is 0.332 e. The molecule has 6 nitrogen and oxygen atoms in total. The van der Waals surface area contributed by atoms with Crippen LogP contribution in [0.3, 0.4) is 0 Å². The predicted molar refractivity (Wildman–Crippen MR) is 72.1 cm³/mol. The van der Waals surface area contributed by atoms with Gasteiger partial charge in [-0.25, -0.2) is 4.79 Å². The van der Waals surface area contributed by atoms with E-state index in [1.54, 1.807) is 7.05 Å². The van der Waals surface area contributed by atoms with Crippen LogP contribution in [0.5, 0.6) is 0 Å². The second-order valence-corrected chi connectivity index (χ2v) is 5.08. The van der Waals surface area contributed by atoms with Crippen molar-refractivity contribution in [3.8, 4) is 6.07 Å². The van der Waals surface area contributed by atoms with Gasteiger partial charge in [-0.05, 0) is 18.8 Å². The summed E-state index contributed by atoms with van der Waals surface area (Å²) in [7, 11) is 2.95. The summed E-state index contributed by atoms with van der Waals surface area (Å²) >= 11 is 0. The largest absolute Gasteiger partial charge is 0.367 e. The number of anilines is 1. The Hall–Kier alpha value is -2.03. The average Bonchev–Trinajstić information content (AvgIpc) is 3.12. The quantitative estimate of drug-likeness (QED) is 0.859. The van der Waals surface area contributed by atoms with Crippen molar-refractivity contribution in [2.24, 2.45) is 20.0 Å². The first-order chi connectivity index (χ1) is 9.01. The molecule has 2 unspecified atom stereocenters. The highest BCUT2D eigenvalue weighted by Crippen LogP contribution is 2.37. The van der Waals surface area contributed by atoms with Gasteiger partial charge in [0.2, 0.25) is 0 Å². The molecule has 0 aromatic carbocycles. The predicted octanol–water partition coefficient (Wildman–Crippen LogP) is 0.556. The third kappa shape index (κ3) is 2.28. The number of nitrogens with one attached hydrogen (secondary N) is 1. The van der Waals surface area contributed by atoms with E-state index in [0.29, 0.717) is 11.7 Å². The summed E-state index contributed by atoms with van der Waals surface area (Å²) in [5.41, 5.74) is -0.952. The van der Waals surface area contributed by atoms with E-state index < -0.39 is 11.2 Å². The standard InChI is InChI=1S/C13H18N4O2/c1-4-5-8-6-10(8)15-11-9(7-14)12(18)17(3)13(19)16(11)2/h8,10,15H,4-6H2,1-3H3. The van der Waals surface area contributed by atoms with E-state index in [9.17, 15) is 9.59 Å². The van der Waals surface area contributed by atoms with Crippen LogP contribution >= 0.6 is 0 Å². The van der Waals surface area contributed by atoms with Crippen LogP contribution in [-0.4, -0.2) is 15.2 Å². The zero-order valence-corrected chi connectivity index (χ0v) is 11.4. The van der Waals surface area contributed by atoms with Crippen LogP contribution in [0.25, 0.3) is 0 Å². The number of nitriles is 1. The molecule has 2 rings (SSSR count). The molecule has 1 aromatic rings. The Bertz CT molecular complexity index is 650. The monoisotopic (exact) mass is 262 g/mol. The summed E-state index contributed by atoms with van der Waals surface area (Å²) in [6, 6.07) is 2.17. The van der Waals surface area contributed by atoms with Gasteiger partial charge in [-0.2, -0.15) is 5.26 Å². The molecule has 1 aliphatic rings. The highest BCUT2D eigenvalue weighted by molar-refractivity contribution is 5.52. The summed E-state index contributed by atoms with van der Waals surface area (Å²) < 4.78 is 2.29. The third-order valence-corrected chi connectivity index (χ3v) is 3.68. The van der Waals surface area contributed by atoms with E-state index in [4.69, 9.17) is 5.26 Å². The van der Waals surface area contributed by atoms with Crippen molar-refractivity contribution in [2.75, 3.05) is 5.32 Å². The summed E-state index contributed by atoms with van der Waals surface area (Å²) in [5, 5.41) is 12.3. The zero-order chi connectivity index (χ0) is 14.2. The van der Waals surface area contributed by atoms with Gasteiger partial charge in [0.15, 0.2) is 5.56 Å². The minimum Gasteiger partial charge on any atom is -0.367 e. The van der Waals surface area contributed by atoms with Gasteiger partial charge in [-0.1, -0.05) is 13.3 Å². The SMILES string of the molecule is CCCC1CC1Nc1c(C#N)c(=O)n(C)c(=O)n1C. The average molecular weight is 262 g/mol. The first-order valence-corrected chi connectivity index (χ1v) is 6.47. The number of hydrogen-bond acceptors (Lipinski definition) is 4. The van der Waals surface area contributed by atoms with Gasteiger partial charge in [0.25, 0.3) is 5.56 Å². The lowest BCUT2D eigenvalue weighted by Gasteiger charge is -2.13. The third-order valence-electron chi connectivity index (χ3n) is 3.68. The Morgan fingerprint density at radius 1 is 1.37 bits per heavy atom. The summed E-state index contributed by atoms with van der Waals surface area (Å²) in [4.78, 5) is 23.8. The molecular formula is C13H18N4O2. The summed E-state index contributed by atoms with van der Waals surface area (Å²) in [6.45, 7) is 2.13. The molecule has 0 amide bonds. The topological polar surface area (TPSA) is 79.8 Å². The highest BCUT2D eigenvalue weighted by Gasteiger charge is 2.37. The minimum absolute atomic E-state index is 0.00625.